The monoisotopic (exact) mass is 217 g/mol. The molecule has 0 fully saturated rings. The van der Waals surface area contributed by atoms with Crippen molar-refractivity contribution in [3.05, 3.63) is 18.0 Å². The number of H-pyrrole nitrogens is 1. The zero-order valence-electron chi connectivity index (χ0n) is 5.80. The third-order valence-corrected chi connectivity index (χ3v) is 1.52. The zero-order chi connectivity index (χ0) is 8.10. The number of aromatic amines is 1. The Bertz CT molecular complexity index is 222. The van der Waals surface area contributed by atoms with Crippen LogP contribution in [0.1, 0.15) is 10.5 Å². The molecular formula is C6H8BrN3O. The second-order valence-electron chi connectivity index (χ2n) is 1.92. The SMILES string of the molecule is O=C(NCCBr)c1ccn[nH]1. The van der Waals surface area contributed by atoms with Gasteiger partial charge in [-0.05, 0) is 6.07 Å². The first-order valence-corrected chi connectivity index (χ1v) is 4.30. The fourth-order valence-electron chi connectivity index (χ4n) is 0.638. The number of halogens is 1. The summed E-state index contributed by atoms with van der Waals surface area (Å²) in [7, 11) is 0. The van der Waals surface area contributed by atoms with Crippen molar-refractivity contribution in [2.45, 2.75) is 0 Å². The van der Waals surface area contributed by atoms with Crippen LogP contribution in [0.25, 0.3) is 0 Å². The molecule has 0 atom stereocenters. The number of nitrogens with zero attached hydrogens (tertiary/aromatic N) is 1. The number of alkyl halides is 1. The minimum absolute atomic E-state index is 0.123. The Balaban J connectivity index is 2.43. The predicted octanol–water partition coefficient (Wildman–Crippen LogP) is 0.534. The zero-order valence-corrected chi connectivity index (χ0v) is 7.39. The smallest absolute Gasteiger partial charge is 0.269 e. The van der Waals surface area contributed by atoms with Gasteiger partial charge in [-0.2, -0.15) is 5.10 Å². The molecule has 1 aromatic rings. The van der Waals surface area contributed by atoms with E-state index in [1.165, 1.54) is 0 Å². The minimum atomic E-state index is -0.123. The fourth-order valence-corrected chi connectivity index (χ4v) is 0.837. The van der Waals surface area contributed by atoms with Crippen molar-refractivity contribution in [1.82, 2.24) is 15.5 Å². The Kier molecular flexibility index (Phi) is 3.10. The van der Waals surface area contributed by atoms with E-state index in [-0.39, 0.29) is 5.91 Å². The fraction of sp³-hybridized carbons (Fsp3) is 0.333. The van der Waals surface area contributed by atoms with Crippen LogP contribution in [0.5, 0.6) is 0 Å². The van der Waals surface area contributed by atoms with Crippen molar-refractivity contribution in [3.63, 3.8) is 0 Å². The van der Waals surface area contributed by atoms with Gasteiger partial charge < -0.3 is 5.32 Å². The molecule has 0 radical (unpaired) electrons. The molecule has 5 heteroatoms. The van der Waals surface area contributed by atoms with Crippen molar-refractivity contribution in [2.24, 2.45) is 0 Å². The highest BCUT2D eigenvalue weighted by Gasteiger charge is 2.03. The van der Waals surface area contributed by atoms with Crippen LogP contribution in [0, 0.1) is 0 Å². The highest BCUT2D eigenvalue weighted by atomic mass is 79.9. The molecule has 0 spiro atoms. The summed E-state index contributed by atoms with van der Waals surface area (Å²) in [5.41, 5.74) is 0.492. The van der Waals surface area contributed by atoms with E-state index >= 15 is 0 Å². The van der Waals surface area contributed by atoms with E-state index in [1.54, 1.807) is 12.3 Å². The van der Waals surface area contributed by atoms with Crippen LogP contribution >= 0.6 is 15.9 Å². The van der Waals surface area contributed by atoms with E-state index in [0.717, 1.165) is 5.33 Å². The Morgan fingerprint density at radius 2 is 2.64 bits per heavy atom. The van der Waals surface area contributed by atoms with Gasteiger partial charge in [0, 0.05) is 18.1 Å². The number of amides is 1. The molecule has 1 rings (SSSR count). The first kappa shape index (κ1) is 8.26. The van der Waals surface area contributed by atoms with Crippen LogP contribution in [0.2, 0.25) is 0 Å². The second-order valence-corrected chi connectivity index (χ2v) is 2.71. The summed E-state index contributed by atoms with van der Waals surface area (Å²) in [5.74, 6) is -0.123. The quantitative estimate of drug-likeness (QED) is 0.727. The highest BCUT2D eigenvalue weighted by molar-refractivity contribution is 9.09. The Morgan fingerprint density at radius 3 is 3.18 bits per heavy atom. The number of carbonyl (C=O) groups excluding carboxylic acids is 1. The van der Waals surface area contributed by atoms with Crippen molar-refractivity contribution in [3.8, 4) is 0 Å². The maximum Gasteiger partial charge on any atom is 0.269 e. The summed E-state index contributed by atoms with van der Waals surface area (Å²) < 4.78 is 0. The molecule has 0 aliphatic carbocycles. The van der Waals surface area contributed by atoms with Crippen LogP contribution < -0.4 is 5.32 Å². The van der Waals surface area contributed by atoms with Crippen molar-refractivity contribution in [2.75, 3.05) is 11.9 Å². The summed E-state index contributed by atoms with van der Waals surface area (Å²) in [6.07, 6.45) is 1.54. The normalized spacial score (nSPS) is 9.55. The molecule has 11 heavy (non-hydrogen) atoms. The van der Waals surface area contributed by atoms with Gasteiger partial charge in [0.1, 0.15) is 5.69 Å². The number of hydrogen-bond acceptors (Lipinski definition) is 2. The van der Waals surface area contributed by atoms with Crippen LogP contribution in [0.4, 0.5) is 0 Å². The van der Waals surface area contributed by atoms with Crippen LogP contribution in [0.3, 0.4) is 0 Å². The Hall–Kier alpha value is -0.840. The van der Waals surface area contributed by atoms with Gasteiger partial charge in [0.2, 0.25) is 0 Å². The minimum Gasteiger partial charge on any atom is -0.350 e. The van der Waals surface area contributed by atoms with E-state index in [1.807, 2.05) is 0 Å². The lowest BCUT2D eigenvalue weighted by Crippen LogP contribution is -2.25. The van der Waals surface area contributed by atoms with Gasteiger partial charge in [-0.25, -0.2) is 0 Å². The first-order chi connectivity index (χ1) is 5.34. The van der Waals surface area contributed by atoms with Crippen molar-refractivity contribution < 1.29 is 4.79 Å². The number of carbonyl (C=O) groups is 1. The van der Waals surface area contributed by atoms with E-state index in [2.05, 4.69) is 31.4 Å². The van der Waals surface area contributed by atoms with E-state index in [4.69, 9.17) is 0 Å². The van der Waals surface area contributed by atoms with Crippen molar-refractivity contribution >= 4 is 21.8 Å². The summed E-state index contributed by atoms with van der Waals surface area (Å²) in [5, 5.41) is 9.66. The molecule has 0 bridgehead atoms. The molecule has 0 saturated heterocycles. The van der Waals surface area contributed by atoms with Gasteiger partial charge in [-0.1, -0.05) is 15.9 Å². The van der Waals surface area contributed by atoms with Gasteiger partial charge in [-0.3, -0.25) is 9.89 Å². The molecule has 2 N–H and O–H groups in total. The lowest BCUT2D eigenvalue weighted by Gasteiger charge is -1.97. The Labute approximate surface area is 72.5 Å². The molecule has 1 aromatic heterocycles. The largest absolute Gasteiger partial charge is 0.350 e. The standard InChI is InChI=1S/C6H8BrN3O/c7-2-4-8-6(11)5-1-3-9-10-5/h1,3H,2,4H2,(H,8,11)(H,9,10). The highest BCUT2D eigenvalue weighted by Crippen LogP contribution is 1.90. The molecule has 0 unspecified atom stereocenters. The predicted molar refractivity (Wildman–Crippen MR) is 44.7 cm³/mol. The number of nitrogens with one attached hydrogen (secondary N) is 2. The summed E-state index contributed by atoms with van der Waals surface area (Å²) >= 11 is 3.20. The molecule has 1 heterocycles. The van der Waals surface area contributed by atoms with Gasteiger partial charge in [-0.15, -0.1) is 0 Å². The molecule has 0 aliphatic heterocycles. The molecule has 0 aromatic carbocycles. The lowest BCUT2D eigenvalue weighted by molar-refractivity contribution is 0.0951. The average Bonchev–Trinajstić information content (AvgIpc) is 2.52. The van der Waals surface area contributed by atoms with Gasteiger partial charge in [0.05, 0.1) is 0 Å². The maximum atomic E-state index is 11.1. The van der Waals surface area contributed by atoms with E-state index in [0.29, 0.717) is 12.2 Å². The lowest BCUT2D eigenvalue weighted by atomic mass is 10.4. The summed E-state index contributed by atoms with van der Waals surface area (Å²) in [6.45, 7) is 0.623. The van der Waals surface area contributed by atoms with Crippen LogP contribution in [-0.4, -0.2) is 28.0 Å². The van der Waals surface area contributed by atoms with E-state index < -0.39 is 0 Å². The average molecular weight is 218 g/mol. The third-order valence-electron chi connectivity index (χ3n) is 1.13. The molecule has 1 amide bonds. The molecule has 60 valence electrons. The number of hydrogen-bond donors (Lipinski definition) is 2. The van der Waals surface area contributed by atoms with Crippen LogP contribution in [0.15, 0.2) is 12.3 Å². The maximum absolute atomic E-state index is 11.1. The number of rotatable bonds is 3. The second kappa shape index (κ2) is 4.12. The Morgan fingerprint density at radius 1 is 1.82 bits per heavy atom. The van der Waals surface area contributed by atoms with Gasteiger partial charge in [0.25, 0.3) is 5.91 Å². The molecule has 0 aliphatic rings. The van der Waals surface area contributed by atoms with Gasteiger partial charge >= 0.3 is 0 Å². The summed E-state index contributed by atoms with van der Waals surface area (Å²) in [4.78, 5) is 11.1. The van der Waals surface area contributed by atoms with Crippen LogP contribution in [-0.2, 0) is 0 Å². The molecule has 0 saturated carbocycles. The van der Waals surface area contributed by atoms with Crippen molar-refractivity contribution in [1.29, 1.82) is 0 Å². The third kappa shape index (κ3) is 2.34. The topological polar surface area (TPSA) is 57.8 Å². The van der Waals surface area contributed by atoms with E-state index in [9.17, 15) is 4.79 Å². The first-order valence-electron chi connectivity index (χ1n) is 3.18. The van der Waals surface area contributed by atoms with Gasteiger partial charge in [0.15, 0.2) is 0 Å². The summed E-state index contributed by atoms with van der Waals surface area (Å²) in [6, 6.07) is 1.63. The molecule has 4 nitrogen and oxygen atoms in total. The molecular weight excluding hydrogens is 210 g/mol. The number of aromatic nitrogens is 2.